The van der Waals surface area contributed by atoms with Crippen molar-refractivity contribution in [3.63, 3.8) is 0 Å². The van der Waals surface area contributed by atoms with Crippen LogP contribution in [0.3, 0.4) is 0 Å². The molecule has 2 aromatic rings. The summed E-state index contributed by atoms with van der Waals surface area (Å²) in [5, 5.41) is 0. The van der Waals surface area contributed by atoms with E-state index in [9.17, 15) is 9.59 Å². The number of nitrogens with one attached hydrogen (secondary N) is 1. The number of H-pyrrole nitrogens is 1. The highest BCUT2D eigenvalue weighted by Gasteiger charge is 2.05. The molecule has 0 amide bonds. The highest BCUT2D eigenvalue weighted by Crippen LogP contribution is 2.09. The standard InChI is InChI=1S/C11H11N3O2/c1-2-14-10(15)12-9(13-11(14)16)8-6-4-3-5-7-8/h3-7H,2H2,1H3,(H,12,13,15,16). The second kappa shape index (κ2) is 4.14. The highest BCUT2D eigenvalue weighted by molar-refractivity contribution is 5.53. The first kappa shape index (κ1) is 10.4. The normalized spacial score (nSPS) is 10.3. The summed E-state index contributed by atoms with van der Waals surface area (Å²) in [6, 6.07) is 9.07. The second-order valence-corrected chi connectivity index (χ2v) is 3.28. The van der Waals surface area contributed by atoms with Crippen molar-refractivity contribution in [3.8, 4) is 11.4 Å². The van der Waals surface area contributed by atoms with Crippen molar-refractivity contribution in [2.75, 3.05) is 0 Å². The van der Waals surface area contributed by atoms with Crippen LogP contribution in [0.2, 0.25) is 0 Å². The molecule has 5 nitrogen and oxygen atoms in total. The Bertz CT molecular complexity index is 567. The summed E-state index contributed by atoms with van der Waals surface area (Å²) < 4.78 is 1.05. The van der Waals surface area contributed by atoms with Gasteiger partial charge < -0.3 is 0 Å². The quantitative estimate of drug-likeness (QED) is 0.801. The van der Waals surface area contributed by atoms with Crippen molar-refractivity contribution in [2.45, 2.75) is 13.5 Å². The van der Waals surface area contributed by atoms with Gasteiger partial charge >= 0.3 is 11.4 Å². The fourth-order valence-corrected chi connectivity index (χ4v) is 1.45. The number of hydrogen-bond acceptors (Lipinski definition) is 3. The van der Waals surface area contributed by atoms with Crippen LogP contribution in [0.15, 0.2) is 39.9 Å². The van der Waals surface area contributed by atoms with Gasteiger partial charge in [-0.25, -0.2) is 14.2 Å². The molecule has 0 fully saturated rings. The Labute approximate surface area is 91.4 Å². The summed E-state index contributed by atoms with van der Waals surface area (Å²) in [5.41, 5.74) is -0.230. The van der Waals surface area contributed by atoms with Gasteiger partial charge in [0.15, 0.2) is 0 Å². The lowest BCUT2D eigenvalue weighted by Gasteiger charge is -2.02. The number of aromatic nitrogens is 3. The first-order chi connectivity index (χ1) is 7.72. The van der Waals surface area contributed by atoms with E-state index in [0.717, 1.165) is 10.1 Å². The first-order valence-corrected chi connectivity index (χ1v) is 4.99. The molecule has 82 valence electrons. The Hall–Kier alpha value is -2.17. The van der Waals surface area contributed by atoms with E-state index in [0.29, 0.717) is 12.4 Å². The minimum absolute atomic E-state index is 0.306. The van der Waals surface area contributed by atoms with Gasteiger partial charge in [0.2, 0.25) is 0 Å². The summed E-state index contributed by atoms with van der Waals surface area (Å²) in [5.74, 6) is 0.306. The van der Waals surface area contributed by atoms with Crippen molar-refractivity contribution < 1.29 is 0 Å². The maximum absolute atomic E-state index is 11.5. The Morgan fingerprint density at radius 1 is 1.25 bits per heavy atom. The lowest BCUT2D eigenvalue weighted by Crippen LogP contribution is -2.36. The summed E-state index contributed by atoms with van der Waals surface area (Å²) >= 11 is 0. The van der Waals surface area contributed by atoms with Crippen LogP contribution in [0.1, 0.15) is 6.92 Å². The van der Waals surface area contributed by atoms with Crippen LogP contribution < -0.4 is 11.4 Å². The molecule has 5 heteroatoms. The molecular weight excluding hydrogens is 206 g/mol. The lowest BCUT2D eigenvalue weighted by atomic mass is 10.2. The van der Waals surface area contributed by atoms with Gasteiger partial charge in [-0.1, -0.05) is 30.3 Å². The first-order valence-electron chi connectivity index (χ1n) is 4.99. The van der Waals surface area contributed by atoms with Crippen LogP contribution in [-0.4, -0.2) is 14.5 Å². The Balaban J connectivity index is 2.62. The number of nitrogens with zero attached hydrogens (tertiary/aromatic N) is 2. The van der Waals surface area contributed by atoms with E-state index < -0.39 is 11.4 Å². The van der Waals surface area contributed by atoms with Gasteiger partial charge in [0.25, 0.3) is 0 Å². The predicted octanol–water partition coefficient (Wildman–Crippen LogP) is 0.618. The average molecular weight is 217 g/mol. The molecule has 0 atom stereocenters. The molecule has 0 aliphatic carbocycles. The molecule has 16 heavy (non-hydrogen) atoms. The Kier molecular flexibility index (Phi) is 2.68. The van der Waals surface area contributed by atoms with Crippen molar-refractivity contribution in [1.82, 2.24) is 14.5 Å². The van der Waals surface area contributed by atoms with Gasteiger partial charge in [0.1, 0.15) is 5.82 Å². The van der Waals surface area contributed by atoms with Gasteiger partial charge in [-0.15, -0.1) is 0 Å². The maximum Gasteiger partial charge on any atom is 0.353 e. The van der Waals surface area contributed by atoms with Crippen LogP contribution >= 0.6 is 0 Å². The third-order valence-corrected chi connectivity index (χ3v) is 2.27. The second-order valence-electron chi connectivity index (χ2n) is 3.28. The Morgan fingerprint density at radius 2 is 1.94 bits per heavy atom. The van der Waals surface area contributed by atoms with E-state index in [1.54, 1.807) is 19.1 Å². The maximum atomic E-state index is 11.5. The molecule has 1 aromatic heterocycles. The van der Waals surface area contributed by atoms with E-state index >= 15 is 0 Å². The van der Waals surface area contributed by atoms with Gasteiger partial charge in [-0.3, -0.25) is 4.98 Å². The minimum Gasteiger partial charge on any atom is -0.291 e. The molecule has 0 spiro atoms. The van der Waals surface area contributed by atoms with Crippen LogP contribution in [0.5, 0.6) is 0 Å². The van der Waals surface area contributed by atoms with Crippen LogP contribution in [0.25, 0.3) is 11.4 Å². The van der Waals surface area contributed by atoms with Gasteiger partial charge in [-0.05, 0) is 6.92 Å². The zero-order valence-corrected chi connectivity index (χ0v) is 8.80. The molecule has 0 bridgehead atoms. The van der Waals surface area contributed by atoms with Crippen LogP contribution in [-0.2, 0) is 6.54 Å². The minimum atomic E-state index is -0.523. The summed E-state index contributed by atoms with van der Waals surface area (Å²) in [6.45, 7) is 2.04. The summed E-state index contributed by atoms with van der Waals surface area (Å²) in [7, 11) is 0. The zero-order valence-electron chi connectivity index (χ0n) is 8.80. The van der Waals surface area contributed by atoms with Gasteiger partial charge in [0.05, 0.1) is 0 Å². The smallest absolute Gasteiger partial charge is 0.291 e. The number of rotatable bonds is 2. The molecule has 0 radical (unpaired) electrons. The van der Waals surface area contributed by atoms with Gasteiger partial charge in [0, 0.05) is 12.1 Å². The molecule has 1 aromatic carbocycles. The number of benzene rings is 1. The monoisotopic (exact) mass is 217 g/mol. The molecule has 0 saturated heterocycles. The molecule has 0 unspecified atom stereocenters. The van der Waals surface area contributed by atoms with Crippen LogP contribution in [0, 0.1) is 0 Å². The highest BCUT2D eigenvalue weighted by atomic mass is 16.2. The van der Waals surface area contributed by atoms with Crippen LogP contribution in [0.4, 0.5) is 0 Å². The van der Waals surface area contributed by atoms with Crippen molar-refractivity contribution in [3.05, 3.63) is 51.3 Å². The van der Waals surface area contributed by atoms with Crippen molar-refractivity contribution >= 4 is 0 Å². The van der Waals surface area contributed by atoms with Crippen molar-refractivity contribution in [1.29, 1.82) is 0 Å². The average Bonchev–Trinajstić information content (AvgIpc) is 2.30. The third kappa shape index (κ3) is 1.79. The van der Waals surface area contributed by atoms with E-state index in [4.69, 9.17) is 0 Å². The molecule has 2 rings (SSSR count). The fraction of sp³-hybridized carbons (Fsp3) is 0.182. The van der Waals surface area contributed by atoms with E-state index in [1.807, 2.05) is 18.2 Å². The lowest BCUT2D eigenvalue weighted by molar-refractivity contribution is 0.645. The Morgan fingerprint density at radius 3 is 2.50 bits per heavy atom. The fourth-order valence-electron chi connectivity index (χ4n) is 1.45. The summed E-state index contributed by atoms with van der Waals surface area (Å²) in [6.07, 6.45) is 0. The van der Waals surface area contributed by atoms with E-state index in [-0.39, 0.29) is 0 Å². The molecule has 1 N–H and O–H groups in total. The third-order valence-electron chi connectivity index (χ3n) is 2.27. The molecule has 0 aliphatic heterocycles. The van der Waals surface area contributed by atoms with Gasteiger partial charge in [-0.2, -0.15) is 4.98 Å². The predicted molar refractivity (Wildman–Crippen MR) is 60.2 cm³/mol. The molecule has 1 heterocycles. The number of hydrogen-bond donors (Lipinski definition) is 1. The number of aromatic amines is 1. The molecule has 0 saturated carbocycles. The van der Waals surface area contributed by atoms with E-state index in [2.05, 4.69) is 9.97 Å². The summed E-state index contributed by atoms with van der Waals surface area (Å²) in [4.78, 5) is 29.4. The SMILES string of the molecule is CCn1c(=O)nc(-c2ccccc2)[nH]c1=O. The largest absolute Gasteiger partial charge is 0.353 e. The topological polar surface area (TPSA) is 67.8 Å². The zero-order chi connectivity index (χ0) is 11.5. The van der Waals surface area contributed by atoms with Crippen molar-refractivity contribution in [2.24, 2.45) is 0 Å². The molecule has 0 aliphatic rings. The van der Waals surface area contributed by atoms with E-state index in [1.165, 1.54) is 0 Å². The molecular formula is C11H11N3O2.